The summed E-state index contributed by atoms with van der Waals surface area (Å²) in [5.74, 6) is -3.08. The largest absolute Gasteiger partial charge is 0.480 e. The molecule has 28 heavy (non-hydrogen) atoms. The number of methoxy groups -OCH3 is 1. The van der Waals surface area contributed by atoms with Crippen LogP contribution < -0.4 is 0 Å². The Morgan fingerprint density at radius 3 is 2.36 bits per heavy atom. The summed E-state index contributed by atoms with van der Waals surface area (Å²) in [7, 11) is 1.50. The third kappa shape index (κ3) is 4.67. The zero-order valence-corrected chi connectivity index (χ0v) is 16.7. The van der Waals surface area contributed by atoms with Crippen molar-refractivity contribution in [1.29, 1.82) is 0 Å². The van der Waals surface area contributed by atoms with Crippen LogP contribution in [0.1, 0.15) is 38.8 Å². The molecule has 1 amide bonds. The van der Waals surface area contributed by atoms with Gasteiger partial charge in [0.2, 0.25) is 5.91 Å². The van der Waals surface area contributed by atoms with Crippen LogP contribution in [0.15, 0.2) is 18.2 Å². The van der Waals surface area contributed by atoms with Gasteiger partial charge in [0.05, 0.1) is 0 Å². The van der Waals surface area contributed by atoms with Crippen molar-refractivity contribution in [1.82, 2.24) is 9.80 Å². The van der Waals surface area contributed by atoms with E-state index in [0.717, 1.165) is 0 Å². The highest BCUT2D eigenvalue weighted by atomic mass is 19.1. The molecule has 1 aromatic carbocycles. The number of aliphatic carboxylic acids is 1. The van der Waals surface area contributed by atoms with E-state index in [0.29, 0.717) is 13.0 Å². The number of rotatable bonds is 7. The van der Waals surface area contributed by atoms with E-state index < -0.39 is 35.7 Å². The molecule has 1 aromatic rings. The van der Waals surface area contributed by atoms with Gasteiger partial charge >= 0.3 is 5.97 Å². The minimum Gasteiger partial charge on any atom is -0.480 e. The van der Waals surface area contributed by atoms with Crippen molar-refractivity contribution in [3.05, 3.63) is 35.4 Å². The summed E-state index contributed by atoms with van der Waals surface area (Å²) in [6.07, 6.45) is 0.297. The van der Waals surface area contributed by atoms with Gasteiger partial charge in [0.1, 0.15) is 17.7 Å². The second-order valence-corrected chi connectivity index (χ2v) is 7.49. The van der Waals surface area contributed by atoms with E-state index in [2.05, 4.69) is 0 Å². The van der Waals surface area contributed by atoms with Crippen molar-refractivity contribution >= 4 is 11.9 Å². The number of amides is 1. The van der Waals surface area contributed by atoms with Crippen LogP contribution in [0.4, 0.5) is 8.78 Å². The minimum atomic E-state index is -1.13. The first-order chi connectivity index (χ1) is 13.2. The summed E-state index contributed by atoms with van der Waals surface area (Å²) in [6.45, 7) is 5.75. The molecule has 156 valence electrons. The Kier molecular flexibility index (Phi) is 7.48. The van der Waals surface area contributed by atoms with Crippen molar-refractivity contribution in [2.75, 3.05) is 26.8 Å². The van der Waals surface area contributed by atoms with Crippen LogP contribution in [0.25, 0.3) is 0 Å². The number of nitrogens with zero attached hydrogens (tertiary/aromatic N) is 2. The van der Waals surface area contributed by atoms with E-state index >= 15 is 0 Å². The zero-order valence-electron chi connectivity index (χ0n) is 16.7. The molecule has 1 saturated heterocycles. The molecule has 0 radical (unpaired) electrons. The van der Waals surface area contributed by atoms with Crippen molar-refractivity contribution < 1.29 is 28.2 Å². The van der Waals surface area contributed by atoms with Gasteiger partial charge in [0.25, 0.3) is 0 Å². The van der Waals surface area contributed by atoms with Crippen LogP contribution in [-0.4, -0.2) is 65.7 Å². The number of hydrogen-bond acceptors (Lipinski definition) is 4. The third-order valence-electron chi connectivity index (χ3n) is 5.12. The number of ether oxygens (including phenoxy) is 1. The molecule has 3 atom stereocenters. The average Bonchev–Trinajstić information content (AvgIpc) is 2.62. The molecule has 1 fully saturated rings. The Morgan fingerprint density at radius 2 is 1.86 bits per heavy atom. The Morgan fingerprint density at radius 1 is 1.25 bits per heavy atom. The maximum Gasteiger partial charge on any atom is 0.327 e. The van der Waals surface area contributed by atoms with Crippen LogP contribution in [0, 0.1) is 17.6 Å². The molecule has 1 heterocycles. The number of benzene rings is 1. The van der Waals surface area contributed by atoms with Crippen LogP contribution in [-0.2, 0) is 14.3 Å². The molecule has 6 nitrogen and oxygen atoms in total. The van der Waals surface area contributed by atoms with E-state index in [1.807, 2.05) is 0 Å². The molecule has 0 bridgehead atoms. The molecule has 1 aliphatic rings. The number of hydrogen-bond donors (Lipinski definition) is 1. The highest BCUT2D eigenvalue weighted by molar-refractivity contribution is 5.85. The monoisotopic (exact) mass is 398 g/mol. The van der Waals surface area contributed by atoms with Gasteiger partial charge in [-0.1, -0.05) is 19.9 Å². The van der Waals surface area contributed by atoms with Gasteiger partial charge < -0.3 is 14.7 Å². The van der Waals surface area contributed by atoms with Gasteiger partial charge in [0.15, 0.2) is 0 Å². The summed E-state index contributed by atoms with van der Waals surface area (Å²) in [5.41, 5.74) is -0.0977. The number of carbonyl (C=O) groups excluding carboxylic acids is 1. The molecular weight excluding hydrogens is 370 g/mol. The Labute approximate surface area is 164 Å². The lowest BCUT2D eigenvalue weighted by atomic mass is 9.96. The SMILES string of the molecule is COCC[C@H](c1c(F)cccc1F)N1C[C@@H](C)N(C(=O)C(C)C)[C@@H](C(=O)O)C1. The first-order valence-electron chi connectivity index (χ1n) is 9.40. The molecule has 0 aliphatic carbocycles. The first-order valence-corrected chi connectivity index (χ1v) is 9.40. The maximum absolute atomic E-state index is 14.5. The molecule has 2 rings (SSSR count). The molecular formula is C20H28F2N2O4. The van der Waals surface area contributed by atoms with E-state index in [4.69, 9.17) is 4.74 Å². The van der Waals surface area contributed by atoms with E-state index in [9.17, 15) is 23.5 Å². The second kappa shape index (κ2) is 9.43. The number of piperazine rings is 1. The highest BCUT2D eigenvalue weighted by Crippen LogP contribution is 2.33. The van der Waals surface area contributed by atoms with Crippen LogP contribution in [0.5, 0.6) is 0 Å². The first kappa shape index (κ1) is 22.2. The molecule has 1 N–H and O–H groups in total. The van der Waals surface area contributed by atoms with Crippen molar-refractivity contribution in [2.45, 2.75) is 45.3 Å². The molecule has 1 aliphatic heterocycles. The van der Waals surface area contributed by atoms with Gasteiger partial charge in [0, 0.05) is 50.4 Å². The van der Waals surface area contributed by atoms with E-state index in [-0.39, 0.29) is 30.5 Å². The van der Waals surface area contributed by atoms with Crippen molar-refractivity contribution in [2.24, 2.45) is 5.92 Å². The zero-order chi connectivity index (χ0) is 21.0. The Bertz CT molecular complexity index is 693. The van der Waals surface area contributed by atoms with Crippen molar-refractivity contribution in [3.8, 4) is 0 Å². The standard InChI is InChI=1S/C20H28F2N2O4/c1-12(2)19(25)24-13(3)10-23(11-17(24)20(26)27)16(8-9-28-4)18-14(21)6-5-7-15(18)22/h5-7,12-13,16-17H,8-11H2,1-4H3,(H,26,27)/t13-,16-,17-/m1/s1. The number of halogens is 2. The van der Waals surface area contributed by atoms with Crippen LogP contribution >= 0.6 is 0 Å². The Balaban J connectivity index is 2.40. The number of carbonyl (C=O) groups is 2. The summed E-state index contributed by atoms with van der Waals surface area (Å²) in [5, 5.41) is 9.72. The molecule has 0 aromatic heterocycles. The minimum absolute atomic E-state index is 0.0136. The third-order valence-corrected chi connectivity index (χ3v) is 5.12. The summed E-state index contributed by atoms with van der Waals surface area (Å²) in [6, 6.07) is 1.48. The quantitative estimate of drug-likeness (QED) is 0.765. The average molecular weight is 398 g/mol. The fraction of sp³-hybridized carbons (Fsp3) is 0.600. The molecule has 0 unspecified atom stereocenters. The maximum atomic E-state index is 14.5. The summed E-state index contributed by atoms with van der Waals surface area (Å²) < 4.78 is 34.0. The fourth-order valence-electron chi connectivity index (χ4n) is 3.81. The molecule has 0 spiro atoms. The van der Waals surface area contributed by atoms with E-state index in [1.165, 1.54) is 30.2 Å². The number of carboxylic acids is 1. The summed E-state index contributed by atoms with van der Waals surface area (Å²) >= 11 is 0. The highest BCUT2D eigenvalue weighted by Gasteiger charge is 2.42. The second-order valence-electron chi connectivity index (χ2n) is 7.49. The molecule has 0 saturated carbocycles. The predicted molar refractivity (Wildman–Crippen MR) is 99.7 cm³/mol. The topological polar surface area (TPSA) is 70.1 Å². The predicted octanol–water partition coefficient (Wildman–Crippen LogP) is 2.68. The van der Waals surface area contributed by atoms with Gasteiger partial charge in [-0.25, -0.2) is 13.6 Å². The van der Waals surface area contributed by atoms with Crippen molar-refractivity contribution in [3.63, 3.8) is 0 Å². The van der Waals surface area contributed by atoms with Crippen LogP contribution in [0.2, 0.25) is 0 Å². The summed E-state index contributed by atoms with van der Waals surface area (Å²) in [4.78, 5) is 27.6. The Hall–Kier alpha value is -2.06. The van der Waals surface area contributed by atoms with E-state index in [1.54, 1.807) is 25.7 Å². The fourth-order valence-corrected chi connectivity index (χ4v) is 3.81. The lowest BCUT2D eigenvalue weighted by Gasteiger charge is -2.47. The van der Waals surface area contributed by atoms with Gasteiger partial charge in [-0.3, -0.25) is 9.69 Å². The van der Waals surface area contributed by atoms with Gasteiger partial charge in [-0.15, -0.1) is 0 Å². The smallest absolute Gasteiger partial charge is 0.327 e. The van der Waals surface area contributed by atoms with Gasteiger partial charge in [-0.05, 0) is 25.5 Å². The lowest BCUT2D eigenvalue weighted by molar-refractivity contribution is -0.159. The lowest BCUT2D eigenvalue weighted by Crippen LogP contribution is -2.63. The number of carboxylic acid groups (broad SMARTS) is 1. The van der Waals surface area contributed by atoms with Crippen LogP contribution in [0.3, 0.4) is 0 Å². The normalized spacial score (nSPS) is 21.8. The molecule has 8 heteroatoms. The van der Waals surface area contributed by atoms with Gasteiger partial charge in [-0.2, -0.15) is 0 Å².